The van der Waals surface area contributed by atoms with Crippen molar-refractivity contribution in [3.63, 3.8) is 0 Å². The van der Waals surface area contributed by atoms with E-state index in [-0.39, 0.29) is 5.75 Å². The maximum Gasteiger partial charge on any atom is 0.117 e. The lowest BCUT2D eigenvalue weighted by atomic mass is 10.00. The SMILES string of the molecule is Oc1ccc2c(C3CCOCCN3)ccnc2c1. The quantitative estimate of drug-likeness (QED) is 0.805. The van der Waals surface area contributed by atoms with E-state index >= 15 is 0 Å². The van der Waals surface area contributed by atoms with Crippen LogP contribution in [0.3, 0.4) is 0 Å². The van der Waals surface area contributed by atoms with Gasteiger partial charge in [-0.1, -0.05) is 0 Å². The van der Waals surface area contributed by atoms with Crippen molar-refractivity contribution in [2.75, 3.05) is 19.8 Å². The Morgan fingerprint density at radius 2 is 2.22 bits per heavy atom. The highest BCUT2D eigenvalue weighted by atomic mass is 16.5. The normalized spacial score (nSPS) is 20.8. The van der Waals surface area contributed by atoms with Crippen LogP contribution in [-0.2, 0) is 4.74 Å². The number of nitrogens with one attached hydrogen (secondary N) is 1. The summed E-state index contributed by atoms with van der Waals surface area (Å²) < 4.78 is 5.46. The summed E-state index contributed by atoms with van der Waals surface area (Å²) in [5.74, 6) is 0.254. The molecule has 2 aromatic rings. The van der Waals surface area contributed by atoms with Crippen LogP contribution in [0, 0.1) is 0 Å². The molecule has 0 spiro atoms. The highest BCUT2D eigenvalue weighted by Crippen LogP contribution is 2.27. The van der Waals surface area contributed by atoms with E-state index in [4.69, 9.17) is 4.74 Å². The first-order chi connectivity index (χ1) is 8.84. The molecule has 3 rings (SSSR count). The topological polar surface area (TPSA) is 54.4 Å². The van der Waals surface area contributed by atoms with Crippen LogP contribution in [0.4, 0.5) is 0 Å². The van der Waals surface area contributed by atoms with Gasteiger partial charge in [-0.3, -0.25) is 4.98 Å². The van der Waals surface area contributed by atoms with Crippen LogP contribution in [-0.4, -0.2) is 29.8 Å². The fourth-order valence-corrected chi connectivity index (χ4v) is 2.44. The summed E-state index contributed by atoms with van der Waals surface area (Å²) in [6, 6.07) is 7.68. The second kappa shape index (κ2) is 4.92. The Morgan fingerprint density at radius 1 is 1.28 bits per heavy atom. The molecule has 18 heavy (non-hydrogen) atoms. The zero-order chi connectivity index (χ0) is 12.4. The number of phenols is 1. The van der Waals surface area contributed by atoms with E-state index in [0.717, 1.165) is 37.1 Å². The molecule has 1 unspecified atom stereocenters. The van der Waals surface area contributed by atoms with Gasteiger partial charge in [0.05, 0.1) is 12.1 Å². The van der Waals surface area contributed by atoms with Gasteiger partial charge in [-0.05, 0) is 30.2 Å². The molecule has 2 N–H and O–H groups in total. The number of phenolic OH excluding ortho intramolecular Hbond substituents is 1. The molecule has 0 bridgehead atoms. The summed E-state index contributed by atoms with van der Waals surface area (Å²) in [6.45, 7) is 2.41. The van der Waals surface area contributed by atoms with Gasteiger partial charge in [0.1, 0.15) is 5.75 Å². The van der Waals surface area contributed by atoms with Crippen molar-refractivity contribution in [2.45, 2.75) is 12.5 Å². The number of benzene rings is 1. The molecule has 0 amide bonds. The summed E-state index contributed by atoms with van der Waals surface area (Å²) in [7, 11) is 0. The smallest absolute Gasteiger partial charge is 0.117 e. The van der Waals surface area contributed by atoms with E-state index in [1.165, 1.54) is 5.56 Å². The lowest BCUT2D eigenvalue weighted by molar-refractivity contribution is 0.150. The number of ether oxygens (including phenoxy) is 1. The first-order valence-electron chi connectivity index (χ1n) is 6.23. The standard InChI is InChI=1S/C14H16N2O2/c17-10-1-2-11-12(3-5-15-14(11)9-10)13-4-7-18-8-6-16-13/h1-3,5,9,13,16-17H,4,6-8H2. The molecule has 1 fully saturated rings. The van der Waals surface area contributed by atoms with Gasteiger partial charge >= 0.3 is 0 Å². The Bertz CT molecular complexity index is 548. The Morgan fingerprint density at radius 3 is 3.17 bits per heavy atom. The van der Waals surface area contributed by atoms with Crippen molar-refractivity contribution in [1.29, 1.82) is 0 Å². The molecule has 0 radical (unpaired) electrons. The van der Waals surface area contributed by atoms with Crippen molar-refractivity contribution in [1.82, 2.24) is 10.3 Å². The van der Waals surface area contributed by atoms with E-state index in [1.807, 2.05) is 12.1 Å². The molecule has 1 aliphatic rings. The fraction of sp³-hybridized carbons (Fsp3) is 0.357. The fourth-order valence-electron chi connectivity index (χ4n) is 2.44. The van der Waals surface area contributed by atoms with Crippen LogP contribution in [0.25, 0.3) is 10.9 Å². The Kier molecular flexibility index (Phi) is 3.13. The van der Waals surface area contributed by atoms with Crippen molar-refractivity contribution in [3.05, 3.63) is 36.0 Å². The summed E-state index contributed by atoms with van der Waals surface area (Å²) in [5, 5.41) is 14.1. The van der Waals surface area contributed by atoms with Crippen LogP contribution in [0.2, 0.25) is 0 Å². The third kappa shape index (κ3) is 2.17. The minimum Gasteiger partial charge on any atom is -0.508 e. The maximum absolute atomic E-state index is 9.50. The molecule has 94 valence electrons. The van der Waals surface area contributed by atoms with Crippen LogP contribution in [0.15, 0.2) is 30.5 Å². The van der Waals surface area contributed by atoms with Crippen LogP contribution in [0.1, 0.15) is 18.0 Å². The van der Waals surface area contributed by atoms with E-state index in [1.54, 1.807) is 18.3 Å². The third-order valence-corrected chi connectivity index (χ3v) is 3.32. The number of hydrogen-bond donors (Lipinski definition) is 2. The molecule has 1 saturated heterocycles. The van der Waals surface area contributed by atoms with Gasteiger partial charge in [-0.2, -0.15) is 0 Å². The summed E-state index contributed by atoms with van der Waals surface area (Å²) in [4.78, 5) is 4.30. The first kappa shape index (κ1) is 11.4. The van der Waals surface area contributed by atoms with Gasteiger partial charge < -0.3 is 15.2 Å². The summed E-state index contributed by atoms with van der Waals surface area (Å²) >= 11 is 0. The number of aromatic nitrogens is 1. The van der Waals surface area contributed by atoms with Crippen molar-refractivity contribution < 1.29 is 9.84 Å². The average molecular weight is 244 g/mol. The molecule has 1 atom stereocenters. The highest BCUT2D eigenvalue weighted by molar-refractivity contribution is 5.83. The molecular weight excluding hydrogens is 228 g/mol. The number of nitrogens with zero attached hydrogens (tertiary/aromatic N) is 1. The average Bonchev–Trinajstić information content (AvgIpc) is 2.66. The number of fused-ring (bicyclic) bond motifs is 1. The van der Waals surface area contributed by atoms with E-state index in [9.17, 15) is 5.11 Å². The van der Waals surface area contributed by atoms with Crippen LogP contribution < -0.4 is 5.32 Å². The third-order valence-electron chi connectivity index (χ3n) is 3.32. The predicted octanol–water partition coefficient (Wildman–Crippen LogP) is 1.99. The van der Waals surface area contributed by atoms with Gasteiger partial charge in [0.15, 0.2) is 0 Å². The lowest BCUT2D eigenvalue weighted by Crippen LogP contribution is -2.22. The predicted molar refractivity (Wildman–Crippen MR) is 69.6 cm³/mol. The molecule has 1 aromatic heterocycles. The molecule has 4 heteroatoms. The van der Waals surface area contributed by atoms with Gasteiger partial charge in [-0.15, -0.1) is 0 Å². The Labute approximate surface area is 106 Å². The van der Waals surface area contributed by atoms with Crippen LogP contribution >= 0.6 is 0 Å². The van der Waals surface area contributed by atoms with Gasteiger partial charge in [0, 0.05) is 36.8 Å². The zero-order valence-electron chi connectivity index (χ0n) is 10.1. The van der Waals surface area contributed by atoms with Crippen molar-refractivity contribution in [2.24, 2.45) is 0 Å². The second-order valence-electron chi connectivity index (χ2n) is 4.51. The molecule has 2 heterocycles. The molecule has 1 aliphatic heterocycles. The Hall–Kier alpha value is -1.65. The van der Waals surface area contributed by atoms with Crippen molar-refractivity contribution in [3.8, 4) is 5.75 Å². The second-order valence-corrected chi connectivity index (χ2v) is 4.51. The van der Waals surface area contributed by atoms with Gasteiger partial charge in [0.25, 0.3) is 0 Å². The highest BCUT2D eigenvalue weighted by Gasteiger charge is 2.16. The zero-order valence-corrected chi connectivity index (χ0v) is 10.1. The lowest BCUT2D eigenvalue weighted by Gasteiger charge is -2.17. The van der Waals surface area contributed by atoms with Crippen molar-refractivity contribution >= 4 is 10.9 Å². The number of pyridine rings is 1. The summed E-state index contributed by atoms with van der Waals surface area (Å²) in [5.41, 5.74) is 2.06. The molecule has 4 nitrogen and oxygen atoms in total. The molecule has 0 saturated carbocycles. The Balaban J connectivity index is 2.04. The molecular formula is C14H16N2O2. The monoisotopic (exact) mass is 244 g/mol. The van der Waals surface area contributed by atoms with E-state index < -0.39 is 0 Å². The minimum atomic E-state index is 0.254. The largest absolute Gasteiger partial charge is 0.508 e. The number of hydrogen-bond acceptors (Lipinski definition) is 4. The van der Waals surface area contributed by atoms with E-state index in [2.05, 4.69) is 10.3 Å². The van der Waals surface area contributed by atoms with Gasteiger partial charge in [0.2, 0.25) is 0 Å². The maximum atomic E-state index is 9.50. The summed E-state index contributed by atoms with van der Waals surface area (Å²) in [6.07, 6.45) is 2.75. The number of aromatic hydroxyl groups is 1. The molecule has 1 aromatic carbocycles. The van der Waals surface area contributed by atoms with E-state index in [0.29, 0.717) is 6.04 Å². The van der Waals surface area contributed by atoms with Crippen LogP contribution in [0.5, 0.6) is 5.75 Å². The minimum absolute atomic E-state index is 0.254. The van der Waals surface area contributed by atoms with Gasteiger partial charge in [-0.25, -0.2) is 0 Å². The first-order valence-corrected chi connectivity index (χ1v) is 6.23. The number of rotatable bonds is 1. The molecule has 0 aliphatic carbocycles.